The quantitative estimate of drug-likeness (QED) is 0.894. The van der Waals surface area contributed by atoms with Gasteiger partial charge in [-0.1, -0.05) is 32.8 Å². The summed E-state index contributed by atoms with van der Waals surface area (Å²) in [7, 11) is 0. The fourth-order valence-corrected chi connectivity index (χ4v) is 3.72. The van der Waals surface area contributed by atoms with Gasteiger partial charge < -0.3 is 15.4 Å². The maximum Gasteiger partial charge on any atom is 0.262 e. The van der Waals surface area contributed by atoms with Crippen LogP contribution in [-0.4, -0.2) is 19.1 Å². The van der Waals surface area contributed by atoms with Crippen LogP contribution in [0.3, 0.4) is 0 Å². The van der Waals surface area contributed by atoms with Gasteiger partial charge in [0.25, 0.3) is 5.91 Å². The SMILES string of the molecule is CCNC(c1ccc2c(c1)NC(=O)CO2)C1(C)CCCC1. The van der Waals surface area contributed by atoms with Crippen LogP contribution in [0, 0.1) is 5.41 Å². The zero-order valence-electron chi connectivity index (χ0n) is 12.9. The molecule has 0 radical (unpaired) electrons. The fraction of sp³-hybridized carbons (Fsp3) is 0.588. The zero-order chi connectivity index (χ0) is 14.9. The minimum absolute atomic E-state index is 0.0771. The number of carbonyl (C=O) groups is 1. The minimum atomic E-state index is -0.0771. The molecule has 1 aliphatic carbocycles. The van der Waals surface area contributed by atoms with Gasteiger partial charge in [0, 0.05) is 6.04 Å². The molecule has 0 aromatic heterocycles. The Hall–Kier alpha value is -1.55. The predicted octanol–water partition coefficient (Wildman–Crippen LogP) is 3.25. The van der Waals surface area contributed by atoms with Gasteiger partial charge in [-0.3, -0.25) is 4.79 Å². The summed E-state index contributed by atoms with van der Waals surface area (Å²) in [4.78, 5) is 11.5. The summed E-state index contributed by atoms with van der Waals surface area (Å²) in [5.41, 5.74) is 2.34. The highest BCUT2D eigenvalue weighted by Gasteiger charge is 2.37. The van der Waals surface area contributed by atoms with E-state index in [9.17, 15) is 4.79 Å². The van der Waals surface area contributed by atoms with Crippen molar-refractivity contribution in [2.45, 2.75) is 45.6 Å². The van der Waals surface area contributed by atoms with Gasteiger partial charge >= 0.3 is 0 Å². The van der Waals surface area contributed by atoms with Crippen molar-refractivity contribution >= 4 is 11.6 Å². The Morgan fingerprint density at radius 1 is 1.38 bits per heavy atom. The van der Waals surface area contributed by atoms with E-state index in [4.69, 9.17) is 4.74 Å². The molecule has 2 aliphatic rings. The highest BCUT2D eigenvalue weighted by atomic mass is 16.5. The van der Waals surface area contributed by atoms with E-state index in [1.54, 1.807) is 0 Å². The Morgan fingerprint density at radius 2 is 2.14 bits per heavy atom. The molecule has 0 saturated heterocycles. The standard InChI is InChI=1S/C17H24N2O2/c1-3-18-16(17(2)8-4-5-9-17)12-6-7-14-13(10-12)19-15(20)11-21-14/h6-7,10,16,18H,3-5,8-9,11H2,1-2H3,(H,19,20). The van der Waals surface area contributed by atoms with Crippen molar-refractivity contribution in [3.8, 4) is 5.75 Å². The van der Waals surface area contributed by atoms with Gasteiger partial charge in [0.1, 0.15) is 5.75 Å². The molecule has 1 aliphatic heterocycles. The van der Waals surface area contributed by atoms with Crippen LogP contribution in [0.4, 0.5) is 5.69 Å². The molecular weight excluding hydrogens is 264 g/mol. The van der Waals surface area contributed by atoms with Crippen molar-refractivity contribution in [1.29, 1.82) is 0 Å². The summed E-state index contributed by atoms with van der Waals surface area (Å²) in [5.74, 6) is 0.692. The minimum Gasteiger partial charge on any atom is -0.482 e. The summed E-state index contributed by atoms with van der Waals surface area (Å²) in [6, 6.07) is 6.51. The zero-order valence-corrected chi connectivity index (χ0v) is 12.9. The van der Waals surface area contributed by atoms with Crippen molar-refractivity contribution in [2.24, 2.45) is 5.41 Å². The first-order chi connectivity index (χ1) is 10.1. The Morgan fingerprint density at radius 3 is 2.86 bits per heavy atom. The first-order valence-electron chi connectivity index (χ1n) is 7.92. The second kappa shape index (κ2) is 5.68. The monoisotopic (exact) mass is 288 g/mol. The van der Waals surface area contributed by atoms with Crippen LogP contribution in [0.15, 0.2) is 18.2 Å². The third kappa shape index (κ3) is 2.77. The van der Waals surface area contributed by atoms with Crippen LogP contribution in [0.25, 0.3) is 0 Å². The molecule has 2 N–H and O–H groups in total. The van der Waals surface area contributed by atoms with Crippen LogP contribution < -0.4 is 15.4 Å². The van der Waals surface area contributed by atoms with E-state index in [1.165, 1.54) is 31.2 Å². The number of anilines is 1. The summed E-state index contributed by atoms with van der Waals surface area (Å²) >= 11 is 0. The lowest BCUT2D eigenvalue weighted by molar-refractivity contribution is -0.118. The smallest absolute Gasteiger partial charge is 0.262 e. The number of carbonyl (C=O) groups excluding carboxylic acids is 1. The number of fused-ring (bicyclic) bond motifs is 1. The van der Waals surface area contributed by atoms with Crippen LogP contribution in [-0.2, 0) is 4.79 Å². The van der Waals surface area contributed by atoms with E-state index in [2.05, 4.69) is 36.6 Å². The number of nitrogens with one attached hydrogen (secondary N) is 2. The van der Waals surface area contributed by atoms with Crippen molar-refractivity contribution in [3.05, 3.63) is 23.8 Å². The van der Waals surface area contributed by atoms with E-state index < -0.39 is 0 Å². The van der Waals surface area contributed by atoms with Gasteiger partial charge in [-0.05, 0) is 42.5 Å². The van der Waals surface area contributed by atoms with Crippen molar-refractivity contribution < 1.29 is 9.53 Å². The van der Waals surface area contributed by atoms with Crippen LogP contribution >= 0.6 is 0 Å². The molecule has 3 rings (SSSR count). The van der Waals surface area contributed by atoms with Crippen LogP contribution in [0.2, 0.25) is 0 Å². The summed E-state index contributed by atoms with van der Waals surface area (Å²) in [6.45, 7) is 5.58. The Bertz CT molecular complexity index is 536. The number of amides is 1. The lowest BCUT2D eigenvalue weighted by Gasteiger charge is -2.35. The third-order valence-electron chi connectivity index (χ3n) is 4.82. The normalized spacial score (nSPS) is 21.3. The first-order valence-corrected chi connectivity index (χ1v) is 7.92. The molecule has 4 nitrogen and oxygen atoms in total. The largest absolute Gasteiger partial charge is 0.482 e. The van der Waals surface area contributed by atoms with Gasteiger partial charge in [0.2, 0.25) is 0 Å². The van der Waals surface area contributed by atoms with E-state index in [-0.39, 0.29) is 12.5 Å². The van der Waals surface area contributed by atoms with Gasteiger partial charge in [-0.2, -0.15) is 0 Å². The van der Waals surface area contributed by atoms with Gasteiger partial charge in [-0.15, -0.1) is 0 Å². The molecule has 114 valence electrons. The highest BCUT2D eigenvalue weighted by molar-refractivity contribution is 5.95. The van der Waals surface area contributed by atoms with E-state index >= 15 is 0 Å². The summed E-state index contributed by atoms with van der Waals surface area (Å²) < 4.78 is 5.45. The van der Waals surface area contributed by atoms with E-state index in [0.717, 1.165) is 18.0 Å². The predicted molar refractivity (Wildman–Crippen MR) is 83.6 cm³/mol. The highest BCUT2D eigenvalue weighted by Crippen LogP contribution is 2.48. The number of benzene rings is 1. The number of hydrogen-bond donors (Lipinski definition) is 2. The summed E-state index contributed by atoms with van der Waals surface area (Å²) in [5, 5.41) is 6.55. The molecule has 1 aromatic rings. The molecule has 1 unspecified atom stereocenters. The molecule has 0 spiro atoms. The fourth-order valence-electron chi connectivity index (χ4n) is 3.72. The molecular formula is C17H24N2O2. The number of rotatable bonds is 4. The molecule has 4 heteroatoms. The molecule has 1 saturated carbocycles. The molecule has 1 aromatic carbocycles. The van der Waals surface area contributed by atoms with Crippen LogP contribution in [0.1, 0.15) is 51.1 Å². The van der Waals surface area contributed by atoms with Crippen molar-refractivity contribution in [1.82, 2.24) is 5.32 Å². The van der Waals surface area contributed by atoms with E-state index in [1.807, 2.05) is 6.07 Å². The molecule has 21 heavy (non-hydrogen) atoms. The van der Waals surface area contributed by atoms with Gasteiger partial charge in [0.15, 0.2) is 6.61 Å². The van der Waals surface area contributed by atoms with Gasteiger partial charge in [0.05, 0.1) is 5.69 Å². The second-order valence-electron chi connectivity index (χ2n) is 6.44. The van der Waals surface area contributed by atoms with Crippen LogP contribution in [0.5, 0.6) is 5.75 Å². The Kier molecular flexibility index (Phi) is 3.89. The maximum atomic E-state index is 11.5. The average Bonchev–Trinajstić information content (AvgIpc) is 2.91. The number of hydrogen-bond acceptors (Lipinski definition) is 3. The van der Waals surface area contributed by atoms with Crippen molar-refractivity contribution in [2.75, 3.05) is 18.5 Å². The third-order valence-corrected chi connectivity index (χ3v) is 4.82. The van der Waals surface area contributed by atoms with Crippen molar-refractivity contribution in [3.63, 3.8) is 0 Å². The maximum absolute atomic E-state index is 11.5. The Balaban J connectivity index is 1.92. The van der Waals surface area contributed by atoms with Gasteiger partial charge in [-0.25, -0.2) is 0 Å². The van der Waals surface area contributed by atoms with E-state index in [0.29, 0.717) is 11.5 Å². The second-order valence-corrected chi connectivity index (χ2v) is 6.44. The molecule has 1 atom stereocenters. The average molecular weight is 288 g/mol. The molecule has 1 fully saturated rings. The first kappa shape index (κ1) is 14.4. The Labute approximate surface area is 126 Å². The lowest BCUT2D eigenvalue weighted by Crippen LogP contribution is -2.34. The molecule has 1 amide bonds. The lowest BCUT2D eigenvalue weighted by atomic mass is 9.77. The molecule has 0 bridgehead atoms. The number of ether oxygens (including phenoxy) is 1. The molecule has 1 heterocycles. The topological polar surface area (TPSA) is 50.4 Å². The summed E-state index contributed by atoms with van der Waals surface area (Å²) in [6.07, 6.45) is 5.13.